The van der Waals surface area contributed by atoms with Crippen molar-refractivity contribution in [2.24, 2.45) is 9.39 Å². The maximum Gasteiger partial charge on any atom is 0.284 e. The Hall–Kier alpha value is -2.16. The Morgan fingerprint density at radius 1 is 0.815 bits per heavy atom. The zero-order chi connectivity index (χ0) is 19.4. The van der Waals surface area contributed by atoms with Crippen molar-refractivity contribution in [2.75, 3.05) is 0 Å². The Kier molecular flexibility index (Phi) is 5.98. The van der Waals surface area contributed by atoms with E-state index >= 15 is 0 Å². The van der Waals surface area contributed by atoms with Gasteiger partial charge in [0.1, 0.15) is 0 Å². The van der Waals surface area contributed by atoms with E-state index in [9.17, 15) is 13.2 Å². The van der Waals surface area contributed by atoms with Crippen LogP contribution in [0.1, 0.15) is 5.56 Å². The van der Waals surface area contributed by atoms with Crippen LogP contribution in [0, 0.1) is 0 Å². The van der Waals surface area contributed by atoms with Crippen LogP contribution in [0.5, 0.6) is 0 Å². The molecule has 0 atom stereocenters. The second-order valence-electron chi connectivity index (χ2n) is 5.42. The predicted octanol–water partition coefficient (Wildman–Crippen LogP) is 4.40. The first kappa shape index (κ1) is 19.6. The van der Waals surface area contributed by atoms with Crippen molar-refractivity contribution in [3.05, 3.63) is 87.3 Å². The Balaban J connectivity index is 2.14. The van der Waals surface area contributed by atoms with Gasteiger partial charge in [0.15, 0.2) is 5.84 Å². The van der Waals surface area contributed by atoms with Crippen molar-refractivity contribution in [3.8, 4) is 0 Å². The van der Waals surface area contributed by atoms with Crippen LogP contribution < -0.4 is 0 Å². The SMILES string of the molecule is O=C1C(Br)=CC(=N/C(=N/S(=O)(=O)c2ccccc2)c2ccccc2)C=C1Br. The van der Waals surface area contributed by atoms with Crippen LogP contribution in [0.25, 0.3) is 0 Å². The topological polar surface area (TPSA) is 75.9 Å². The molecule has 8 heteroatoms. The number of benzene rings is 2. The van der Waals surface area contributed by atoms with Crippen LogP contribution in [-0.4, -0.2) is 25.7 Å². The second-order valence-corrected chi connectivity index (χ2v) is 8.73. The van der Waals surface area contributed by atoms with E-state index in [1.165, 1.54) is 24.3 Å². The summed E-state index contributed by atoms with van der Waals surface area (Å²) in [5.74, 6) is -0.194. The van der Waals surface area contributed by atoms with E-state index in [1.807, 2.05) is 6.07 Å². The molecule has 0 fully saturated rings. The van der Waals surface area contributed by atoms with Crippen LogP contribution in [-0.2, 0) is 14.8 Å². The molecule has 0 spiro atoms. The monoisotopic (exact) mass is 506 g/mol. The van der Waals surface area contributed by atoms with Crippen molar-refractivity contribution in [1.29, 1.82) is 0 Å². The van der Waals surface area contributed by atoms with Gasteiger partial charge in [-0.3, -0.25) is 4.79 Å². The van der Waals surface area contributed by atoms with E-state index in [1.54, 1.807) is 42.5 Å². The van der Waals surface area contributed by atoms with Crippen LogP contribution in [0.4, 0.5) is 0 Å². The minimum atomic E-state index is -3.95. The maximum absolute atomic E-state index is 12.7. The lowest BCUT2D eigenvalue weighted by atomic mass is 10.1. The number of Topliss-reactive ketones (excluding diaryl/α,β-unsaturated/α-hetero) is 1. The minimum Gasteiger partial charge on any atom is -0.287 e. The lowest BCUT2D eigenvalue weighted by Gasteiger charge is -2.08. The Bertz CT molecular complexity index is 1080. The first-order valence-electron chi connectivity index (χ1n) is 7.70. The highest BCUT2D eigenvalue weighted by atomic mass is 79.9. The summed E-state index contributed by atoms with van der Waals surface area (Å²) in [4.78, 5) is 16.3. The number of carbonyl (C=O) groups excluding carboxylic acids is 1. The average Bonchev–Trinajstić information content (AvgIpc) is 2.67. The molecule has 0 aromatic heterocycles. The summed E-state index contributed by atoms with van der Waals surface area (Å²) >= 11 is 6.36. The molecule has 27 heavy (non-hydrogen) atoms. The molecule has 0 aliphatic heterocycles. The summed E-state index contributed by atoms with van der Waals surface area (Å²) < 4.78 is 29.9. The summed E-state index contributed by atoms with van der Waals surface area (Å²) in [6, 6.07) is 16.7. The van der Waals surface area contributed by atoms with Crippen LogP contribution in [0.2, 0.25) is 0 Å². The van der Waals surface area contributed by atoms with Gasteiger partial charge in [-0.15, -0.1) is 4.40 Å². The van der Waals surface area contributed by atoms with Gasteiger partial charge in [-0.05, 0) is 56.1 Å². The van der Waals surface area contributed by atoms with E-state index in [4.69, 9.17) is 0 Å². The van der Waals surface area contributed by atoms with Gasteiger partial charge in [0, 0.05) is 5.56 Å². The summed E-state index contributed by atoms with van der Waals surface area (Å²) in [6.07, 6.45) is 3.03. The number of aliphatic imine (C=N–C) groups is 1. The molecular weight excluding hydrogens is 496 g/mol. The molecule has 2 aromatic carbocycles. The fourth-order valence-electron chi connectivity index (χ4n) is 2.22. The van der Waals surface area contributed by atoms with Gasteiger partial charge >= 0.3 is 0 Å². The Morgan fingerprint density at radius 3 is 1.89 bits per heavy atom. The van der Waals surface area contributed by atoms with E-state index < -0.39 is 10.0 Å². The third-order valence-corrected chi connectivity index (χ3v) is 5.96. The molecule has 0 heterocycles. The lowest BCUT2D eigenvalue weighted by molar-refractivity contribution is -0.110. The van der Waals surface area contributed by atoms with Gasteiger partial charge < -0.3 is 0 Å². The van der Waals surface area contributed by atoms with Crippen LogP contribution >= 0.6 is 31.9 Å². The molecule has 1 aliphatic carbocycles. The molecule has 0 N–H and O–H groups in total. The lowest BCUT2D eigenvalue weighted by Crippen LogP contribution is -2.11. The molecular formula is C19H12Br2N2O3S. The number of hydrogen-bond donors (Lipinski definition) is 0. The molecule has 5 nitrogen and oxygen atoms in total. The van der Waals surface area contributed by atoms with E-state index in [0.29, 0.717) is 20.2 Å². The van der Waals surface area contributed by atoms with Crippen molar-refractivity contribution >= 4 is 59.2 Å². The quantitative estimate of drug-likeness (QED) is 0.351. The molecule has 2 aromatic rings. The van der Waals surface area contributed by atoms with Crippen molar-refractivity contribution in [2.45, 2.75) is 4.90 Å². The van der Waals surface area contributed by atoms with Gasteiger partial charge in [-0.2, -0.15) is 8.42 Å². The summed E-state index contributed by atoms with van der Waals surface area (Å²) in [6.45, 7) is 0. The molecule has 0 saturated heterocycles. The zero-order valence-corrected chi connectivity index (χ0v) is 17.7. The highest BCUT2D eigenvalue weighted by molar-refractivity contribution is 9.13. The Morgan fingerprint density at radius 2 is 1.33 bits per heavy atom. The molecule has 0 saturated carbocycles. The summed E-state index contributed by atoms with van der Waals surface area (Å²) in [7, 11) is -3.95. The normalized spacial score (nSPS) is 15.3. The maximum atomic E-state index is 12.7. The third-order valence-electron chi connectivity index (χ3n) is 3.50. The summed E-state index contributed by atoms with van der Waals surface area (Å²) in [5, 5.41) is 0. The Labute approximate surface area is 173 Å². The van der Waals surface area contributed by atoms with Crippen LogP contribution in [0.3, 0.4) is 0 Å². The van der Waals surface area contributed by atoms with Crippen molar-refractivity contribution in [1.82, 2.24) is 0 Å². The fourth-order valence-corrected chi connectivity index (χ4v) is 4.36. The summed E-state index contributed by atoms with van der Waals surface area (Å²) in [5.41, 5.74) is 0.926. The van der Waals surface area contributed by atoms with Gasteiger partial charge in [-0.1, -0.05) is 48.5 Å². The number of carbonyl (C=O) groups is 1. The smallest absolute Gasteiger partial charge is 0.284 e. The number of rotatable bonds is 3. The molecule has 3 rings (SSSR count). The number of nitrogens with zero attached hydrogens (tertiary/aromatic N) is 2. The van der Waals surface area contributed by atoms with E-state index in [-0.39, 0.29) is 16.5 Å². The first-order valence-corrected chi connectivity index (χ1v) is 10.7. The first-order chi connectivity index (χ1) is 12.9. The van der Waals surface area contributed by atoms with Crippen molar-refractivity contribution in [3.63, 3.8) is 0 Å². The molecule has 0 radical (unpaired) electrons. The number of amidine groups is 1. The van der Waals surface area contributed by atoms with Gasteiger partial charge in [0.25, 0.3) is 10.0 Å². The number of ketones is 1. The largest absolute Gasteiger partial charge is 0.287 e. The van der Waals surface area contributed by atoms with E-state index in [0.717, 1.165) is 0 Å². The standard InChI is InChI=1S/C19H12Br2N2O3S/c20-16-11-14(12-17(21)18(16)24)22-19(13-7-3-1-4-8-13)23-27(25,26)15-9-5-2-6-10-15/h1-12H/b23-19+. The highest BCUT2D eigenvalue weighted by Crippen LogP contribution is 2.23. The van der Waals surface area contributed by atoms with Gasteiger partial charge in [0.05, 0.1) is 19.6 Å². The highest BCUT2D eigenvalue weighted by Gasteiger charge is 2.19. The molecule has 136 valence electrons. The zero-order valence-electron chi connectivity index (χ0n) is 13.7. The van der Waals surface area contributed by atoms with Crippen LogP contribution in [0.15, 0.2) is 96.1 Å². The molecule has 1 aliphatic rings. The molecule has 0 amide bonds. The molecule has 0 bridgehead atoms. The average molecular weight is 508 g/mol. The van der Waals surface area contributed by atoms with Gasteiger partial charge in [-0.25, -0.2) is 4.99 Å². The second kappa shape index (κ2) is 8.24. The third kappa shape index (κ3) is 4.77. The number of allylic oxidation sites excluding steroid dienone is 4. The number of sulfonamides is 1. The van der Waals surface area contributed by atoms with E-state index in [2.05, 4.69) is 41.3 Å². The minimum absolute atomic E-state index is 0.0249. The molecule has 0 unspecified atom stereocenters. The van der Waals surface area contributed by atoms with Crippen molar-refractivity contribution < 1.29 is 13.2 Å². The number of hydrogen-bond acceptors (Lipinski definition) is 3. The predicted molar refractivity (Wildman–Crippen MR) is 113 cm³/mol. The number of halogens is 2. The van der Waals surface area contributed by atoms with Gasteiger partial charge in [0.2, 0.25) is 5.78 Å². The fraction of sp³-hybridized carbons (Fsp3) is 0.